The first-order chi connectivity index (χ1) is 14.7. The molecule has 2 heterocycles. The van der Waals surface area contributed by atoms with E-state index >= 15 is 0 Å². The summed E-state index contributed by atoms with van der Waals surface area (Å²) in [4.78, 5) is 42.0. The lowest BCUT2D eigenvalue weighted by Gasteiger charge is -2.31. The number of benzene rings is 1. The van der Waals surface area contributed by atoms with Gasteiger partial charge in [-0.2, -0.15) is 4.90 Å². The Bertz CT molecular complexity index is 1180. The number of amides is 2. The van der Waals surface area contributed by atoms with Crippen molar-refractivity contribution in [3.05, 3.63) is 59.9 Å². The summed E-state index contributed by atoms with van der Waals surface area (Å²) in [5, 5.41) is 0. The number of nitrogens with zero attached hydrogens (tertiary/aromatic N) is 3. The molecule has 12 heteroatoms. The number of methoxy groups -OCH3 is 2. The van der Waals surface area contributed by atoms with E-state index in [1.54, 1.807) is 6.07 Å². The van der Waals surface area contributed by atoms with Gasteiger partial charge in [0.05, 0.1) is 19.1 Å². The lowest BCUT2D eigenvalue weighted by Crippen LogP contribution is -2.45. The van der Waals surface area contributed by atoms with Crippen LogP contribution in [0.25, 0.3) is 5.76 Å². The molecule has 11 nitrogen and oxygen atoms in total. The van der Waals surface area contributed by atoms with E-state index in [9.17, 15) is 22.8 Å². The zero-order valence-electron chi connectivity index (χ0n) is 16.6. The van der Waals surface area contributed by atoms with E-state index in [2.05, 4.69) is 14.5 Å². The number of imide groups is 1. The highest BCUT2D eigenvalue weighted by molar-refractivity contribution is 7.89. The monoisotopic (exact) mass is 447 g/mol. The minimum atomic E-state index is -4.22. The number of carbonyl (C=O) groups excluding carboxylic acids is 3. The average molecular weight is 447 g/mol. The maximum Gasteiger partial charge on any atom is 0.513 e. The summed E-state index contributed by atoms with van der Waals surface area (Å²) in [6.07, 6.45) is -0.987. The molecule has 1 aromatic heterocycles. The maximum absolute atomic E-state index is 13.5. The average Bonchev–Trinajstić information content (AvgIpc) is 2.78. The molecular formula is C19H17N3O8S. The standard InChI is InChI=1S/C19H17N3O8S/c1-21-15(17(23)22(18(24)28-2)14-10-6-7-11-20-14)16(30-19(25)29-3)12-8-4-5-9-13(12)31(21,26)27/h4-11H,1-3H3. The summed E-state index contributed by atoms with van der Waals surface area (Å²) < 4.78 is 41.0. The van der Waals surface area contributed by atoms with Crippen LogP contribution >= 0.6 is 0 Å². The van der Waals surface area contributed by atoms with Gasteiger partial charge >= 0.3 is 12.2 Å². The number of likely N-dealkylation sites (N-methyl/N-ethyl adjacent to an activating group) is 1. The molecule has 31 heavy (non-hydrogen) atoms. The van der Waals surface area contributed by atoms with Crippen LogP contribution in [0.3, 0.4) is 0 Å². The van der Waals surface area contributed by atoms with Crippen LogP contribution in [0.2, 0.25) is 0 Å². The van der Waals surface area contributed by atoms with Crippen LogP contribution in [0.15, 0.2) is 59.3 Å². The van der Waals surface area contributed by atoms with Gasteiger partial charge in [-0.1, -0.05) is 18.2 Å². The Morgan fingerprint density at radius 3 is 2.29 bits per heavy atom. The van der Waals surface area contributed by atoms with Gasteiger partial charge in [0, 0.05) is 18.8 Å². The zero-order chi connectivity index (χ0) is 22.8. The van der Waals surface area contributed by atoms with E-state index < -0.39 is 39.6 Å². The van der Waals surface area contributed by atoms with Crippen LogP contribution in [0.5, 0.6) is 0 Å². The first-order valence-electron chi connectivity index (χ1n) is 8.65. The van der Waals surface area contributed by atoms with Crippen molar-refractivity contribution < 1.29 is 37.0 Å². The van der Waals surface area contributed by atoms with Crippen molar-refractivity contribution in [3.8, 4) is 0 Å². The normalized spacial score (nSPS) is 14.4. The highest BCUT2D eigenvalue weighted by atomic mass is 32.2. The summed E-state index contributed by atoms with van der Waals surface area (Å²) >= 11 is 0. The number of aromatic nitrogens is 1. The fourth-order valence-corrected chi connectivity index (χ4v) is 4.23. The molecule has 1 aliphatic heterocycles. The van der Waals surface area contributed by atoms with Crippen molar-refractivity contribution in [2.24, 2.45) is 0 Å². The number of rotatable bonds is 3. The Kier molecular flexibility index (Phi) is 5.92. The number of hydrogen-bond donors (Lipinski definition) is 0. The molecule has 0 unspecified atom stereocenters. The molecule has 0 N–H and O–H groups in total. The summed E-state index contributed by atoms with van der Waals surface area (Å²) in [7, 11) is -1.03. The third-order valence-corrected chi connectivity index (χ3v) is 6.11. The number of pyridine rings is 1. The van der Waals surface area contributed by atoms with Crippen molar-refractivity contribution in [1.82, 2.24) is 9.29 Å². The van der Waals surface area contributed by atoms with Crippen LogP contribution in [0.1, 0.15) is 5.56 Å². The van der Waals surface area contributed by atoms with Crippen LogP contribution in [0.4, 0.5) is 15.4 Å². The summed E-state index contributed by atoms with van der Waals surface area (Å²) in [6.45, 7) is 0. The second-order valence-electron chi connectivity index (χ2n) is 6.00. The minimum absolute atomic E-state index is 0.0554. The van der Waals surface area contributed by atoms with Gasteiger partial charge in [0.25, 0.3) is 15.9 Å². The van der Waals surface area contributed by atoms with Crippen LogP contribution in [-0.2, 0) is 29.0 Å². The van der Waals surface area contributed by atoms with Crippen molar-refractivity contribution in [3.63, 3.8) is 0 Å². The van der Waals surface area contributed by atoms with Gasteiger partial charge in [0.15, 0.2) is 11.5 Å². The van der Waals surface area contributed by atoms with Gasteiger partial charge < -0.3 is 14.2 Å². The van der Waals surface area contributed by atoms with E-state index in [-0.39, 0.29) is 16.3 Å². The predicted octanol–water partition coefficient (Wildman–Crippen LogP) is 1.97. The van der Waals surface area contributed by atoms with Crippen LogP contribution in [-0.4, -0.2) is 57.1 Å². The van der Waals surface area contributed by atoms with Crippen molar-refractivity contribution in [1.29, 1.82) is 0 Å². The van der Waals surface area contributed by atoms with Crippen LogP contribution < -0.4 is 4.90 Å². The molecule has 0 aliphatic carbocycles. The quantitative estimate of drug-likeness (QED) is 0.648. The molecule has 0 spiro atoms. The van der Waals surface area contributed by atoms with Crippen molar-refractivity contribution in [2.75, 3.05) is 26.2 Å². The number of anilines is 1. The first kappa shape index (κ1) is 21.8. The lowest BCUT2D eigenvalue weighted by molar-refractivity contribution is -0.115. The third kappa shape index (κ3) is 3.80. The molecule has 0 saturated carbocycles. The molecule has 0 saturated heterocycles. The lowest BCUT2D eigenvalue weighted by atomic mass is 10.1. The Morgan fingerprint density at radius 2 is 1.68 bits per heavy atom. The first-order valence-corrected chi connectivity index (χ1v) is 10.1. The number of sulfonamides is 1. The van der Waals surface area contributed by atoms with Crippen LogP contribution in [0, 0.1) is 0 Å². The molecule has 0 bridgehead atoms. The Hall–Kier alpha value is -3.93. The third-order valence-electron chi connectivity index (χ3n) is 4.29. The van der Waals surface area contributed by atoms with Gasteiger partial charge in [-0.25, -0.2) is 23.0 Å². The molecule has 1 aliphatic rings. The summed E-state index contributed by atoms with van der Waals surface area (Å²) in [5.74, 6) is -1.69. The van der Waals surface area contributed by atoms with E-state index in [0.717, 1.165) is 21.3 Å². The predicted molar refractivity (Wildman–Crippen MR) is 106 cm³/mol. The number of carbonyl (C=O) groups is 3. The molecule has 3 rings (SSSR count). The van der Waals surface area contributed by atoms with Crippen molar-refractivity contribution in [2.45, 2.75) is 4.90 Å². The van der Waals surface area contributed by atoms with Crippen molar-refractivity contribution >= 4 is 39.8 Å². The number of hydrogen-bond acceptors (Lipinski definition) is 9. The number of fused-ring (bicyclic) bond motifs is 1. The summed E-state index contributed by atoms with van der Waals surface area (Å²) in [6, 6.07) is 10.0. The molecule has 0 radical (unpaired) electrons. The molecule has 162 valence electrons. The Balaban J connectivity index is 2.30. The van der Waals surface area contributed by atoms with Gasteiger partial charge in [0.1, 0.15) is 5.82 Å². The topological polar surface area (TPSA) is 132 Å². The highest BCUT2D eigenvalue weighted by Crippen LogP contribution is 2.37. The second-order valence-corrected chi connectivity index (χ2v) is 7.94. The van der Waals surface area contributed by atoms with E-state index in [0.29, 0.717) is 9.21 Å². The smallest absolute Gasteiger partial charge is 0.452 e. The molecule has 1 aromatic carbocycles. The van der Waals surface area contributed by atoms with E-state index in [1.165, 1.54) is 42.6 Å². The Labute approximate surface area is 177 Å². The molecular weight excluding hydrogens is 430 g/mol. The van der Waals surface area contributed by atoms with Gasteiger partial charge in [-0.15, -0.1) is 0 Å². The molecule has 0 atom stereocenters. The van der Waals surface area contributed by atoms with Gasteiger partial charge in [-0.05, 0) is 24.3 Å². The number of ether oxygens (including phenoxy) is 3. The maximum atomic E-state index is 13.5. The molecule has 2 aromatic rings. The Morgan fingerprint density at radius 1 is 1.00 bits per heavy atom. The molecule has 2 amide bonds. The largest absolute Gasteiger partial charge is 0.513 e. The fourth-order valence-electron chi connectivity index (χ4n) is 2.84. The summed E-state index contributed by atoms with van der Waals surface area (Å²) in [5.41, 5.74) is -0.666. The van der Waals surface area contributed by atoms with Gasteiger partial charge in [0.2, 0.25) is 0 Å². The minimum Gasteiger partial charge on any atom is -0.452 e. The SMILES string of the molecule is COC(=O)OC1=C(C(=O)N(C(=O)OC)c2ccccn2)N(C)S(=O)(=O)c2ccccc21. The highest BCUT2D eigenvalue weighted by Gasteiger charge is 2.43. The molecule has 0 fully saturated rings. The van der Waals surface area contributed by atoms with E-state index in [4.69, 9.17) is 4.74 Å². The second kappa shape index (κ2) is 8.44. The van der Waals surface area contributed by atoms with E-state index in [1.807, 2.05) is 0 Å². The zero-order valence-corrected chi connectivity index (χ0v) is 17.5. The fraction of sp³-hybridized carbons (Fsp3) is 0.158. The van der Waals surface area contributed by atoms with Gasteiger partial charge in [-0.3, -0.25) is 9.10 Å².